The number of benzene rings is 2. The number of fused-ring (bicyclic) bond motifs is 1. The molecule has 0 atom stereocenters. The molecule has 3 rings (SSSR count). The summed E-state index contributed by atoms with van der Waals surface area (Å²) in [6.07, 6.45) is 1.74. The van der Waals surface area contributed by atoms with E-state index in [0.717, 1.165) is 22.3 Å². The summed E-state index contributed by atoms with van der Waals surface area (Å²) >= 11 is 0. The van der Waals surface area contributed by atoms with Gasteiger partial charge in [0.15, 0.2) is 0 Å². The van der Waals surface area contributed by atoms with Gasteiger partial charge in [-0.2, -0.15) is 5.26 Å². The topological polar surface area (TPSA) is 74.7 Å². The normalized spacial score (nSPS) is 10.2. The Hall–Kier alpha value is -3.06. The van der Waals surface area contributed by atoms with Crippen LogP contribution in [0.1, 0.15) is 5.56 Å². The molecule has 0 saturated carbocycles. The van der Waals surface area contributed by atoms with Crippen molar-refractivity contribution >= 4 is 28.0 Å². The monoisotopic (exact) mass is 260 g/mol. The first kappa shape index (κ1) is 12.0. The van der Waals surface area contributed by atoms with Crippen molar-refractivity contribution < 1.29 is 0 Å². The molecule has 0 radical (unpaired) electrons. The molecule has 1 aromatic heterocycles. The molecule has 4 heteroatoms. The highest BCUT2D eigenvalue weighted by molar-refractivity contribution is 5.98. The van der Waals surface area contributed by atoms with Crippen molar-refractivity contribution in [2.75, 3.05) is 11.1 Å². The molecule has 0 bridgehead atoms. The Balaban J connectivity index is 2.08. The van der Waals surface area contributed by atoms with E-state index in [1.807, 2.05) is 42.5 Å². The number of hydrogen-bond acceptors (Lipinski definition) is 4. The number of hydrogen-bond donors (Lipinski definition) is 2. The fraction of sp³-hybridized carbons (Fsp3) is 0. The Kier molecular flexibility index (Phi) is 2.94. The summed E-state index contributed by atoms with van der Waals surface area (Å²) in [5.74, 6) is 0. The first-order valence-corrected chi connectivity index (χ1v) is 6.19. The van der Waals surface area contributed by atoms with Crippen molar-refractivity contribution in [3.05, 3.63) is 60.3 Å². The standard InChI is InChI=1S/C16H12N4/c17-10-11-4-1-2-6-13(11)20-15-8-7-14-12(16(15)18)5-3-9-19-14/h1-9,20H,18H2. The van der Waals surface area contributed by atoms with E-state index in [4.69, 9.17) is 11.0 Å². The smallest absolute Gasteiger partial charge is 0.101 e. The van der Waals surface area contributed by atoms with Gasteiger partial charge in [-0.3, -0.25) is 4.98 Å². The number of nitrogens with two attached hydrogens (primary N) is 1. The summed E-state index contributed by atoms with van der Waals surface area (Å²) in [6, 6.07) is 17.0. The third-order valence-corrected chi connectivity index (χ3v) is 3.14. The molecule has 1 heterocycles. The lowest BCUT2D eigenvalue weighted by Crippen LogP contribution is -1.99. The fourth-order valence-corrected chi connectivity index (χ4v) is 2.12. The number of anilines is 3. The molecule has 0 amide bonds. The van der Waals surface area contributed by atoms with Gasteiger partial charge < -0.3 is 11.1 Å². The van der Waals surface area contributed by atoms with Gasteiger partial charge in [-0.05, 0) is 36.4 Å². The maximum Gasteiger partial charge on any atom is 0.101 e. The molecule has 0 fully saturated rings. The lowest BCUT2D eigenvalue weighted by Gasteiger charge is -2.12. The summed E-state index contributed by atoms with van der Waals surface area (Å²) < 4.78 is 0. The summed E-state index contributed by atoms with van der Waals surface area (Å²) in [6.45, 7) is 0. The molecule has 0 aliphatic carbocycles. The van der Waals surface area contributed by atoms with E-state index in [1.54, 1.807) is 12.3 Å². The highest BCUT2D eigenvalue weighted by atomic mass is 14.9. The second-order valence-corrected chi connectivity index (χ2v) is 4.38. The van der Waals surface area contributed by atoms with Crippen LogP contribution < -0.4 is 11.1 Å². The van der Waals surface area contributed by atoms with Crippen molar-refractivity contribution in [1.29, 1.82) is 5.26 Å². The van der Waals surface area contributed by atoms with Gasteiger partial charge in [-0.1, -0.05) is 12.1 Å². The molecule has 0 spiro atoms. The van der Waals surface area contributed by atoms with Crippen LogP contribution in [0.15, 0.2) is 54.7 Å². The zero-order chi connectivity index (χ0) is 13.9. The number of pyridine rings is 1. The van der Waals surface area contributed by atoms with Gasteiger partial charge in [0.2, 0.25) is 0 Å². The van der Waals surface area contributed by atoms with Gasteiger partial charge in [0.25, 0.3) is 0 Å². The molecule has 0 saturated heterocycles. The number of rotatable bonds is 2. The van der Waals surface area contributed by atoms with Crippen LogP contribution in [0.25, 0.3) is 10.9 Å². The second-order valence-electron chi connectivity index (χ2n) is 4.38. The van der Waals surface area contributed by atoms with Gasteiger partial charge >= 0.3 is 0 Å². The fourth-order valence-electron chi connectivity index (χ4n) is 2.12. The molecule has 0 aliphatic rings. The van der Waals surface area contributed by atoms with E-state index >= 15 is 0 Å². The molecule has 3 N–H and O–H groups in total. The first-order chi connectivity index (χ1) is 9.79. The Morgan fingerprint density at radius 1 is 1.00 bits per heavy atom. The SMILES string of the molecule is N#Cc1ccccc1Nc1ccc2ncccc2c1N. The Morgan fingerprint density at radius 3 is 2.70 bits per heavy atom. The van der Waals surface area contributed by atoms with Crippen LogP contribution in [0, 0.1) is 11.3 Å². The third kappa shape index (κ3) is 2.02. The van der Waals surface area contributed by atoms with Crippen LogP contribution in [0.2, 0.25) is 0 Å². The van der Waals surface area contributed by atoms with E-state index in [2.05, 4.69) is 16.4 Å². The van der Waals surface area contributed by atoms with Gasteiger partial charge in [-0.25, -0.2) is 0 Å². The highest BCUT2D eigenvalue weighted by Crippen LogP contribution is 2.30. The number of aromatic nitrogens is 1. The lowest BCUT2D eigenvalue weighted by molar-refractivity contribution is 1.41. The summed E-state index contributed by atoms with van der Waals surface area (Å²) in [4.78, 5) is 4.26. The minimum absolute atomic E-state index is 0.582. The van der Waals surface area contributed by atoms with Gasteiger partial charge in [0.05, 0.1) is 28.1 Å². The Labute approximate surface area is 116 Å². The zero-order valence-corrected chi connectivity index (χ0v) is 10.7. The minimum atomic E-state index is 0.582. The van der Waals surface area contributed by atoms with Crippen molar-refractivity contribution in [1.82, 2.24) is 4.98 Å². The largest absolute Gasteiger partial charge is 0.396 e. The lowest BCUT2D eigenvalue weighted by atomic mass is 10.1. The zero-order valence-electron chi connectivity index (χ0n) is 10.7. The van der Waals surface area contributed by atoms with E-state index in [1.165, 1.54) is 0 Å². The van der Waals surface area contributed by atoms with Crippen LogP contribution in [0.5, 0.6) is 0 Å². The maximum atomic E-state index is 9.11. The molecule has 3 aromatic rings. The molecule has 2 aromatic carbocycles. The van der Waals surface area contributed by atoms with Crippen LogP contribution in [-0.4, -0.2) is 4.98 Å². The van der Waals surface area contributed by atoms with E-state index in [0.29, 0.717) is 11.3 Å². The van der Waals surface area contributed by atoms with Crippen molar-refractivity contribution in [3.63, 3.8) is 0 Å². The molecule has 96 valence electrons. The summed E-state index contributed by atoms with van der Waals surface area (Å²) in [7, 11) is 0. The number of nitrogen functional groups attached to an aromatic ring is 1. The number of nitrogens with zero attached hydrogens (tertiary/aromatic N) is 2. The second kappa shape index (κ2) is 4.90. The van der Waals surface area contributed by atoms with Crippen LogP contribution in [-0.2, 0) is 0 Å². The van der Waals surface area contributed by atoms with Crippen LogP contribution in [0.3, 0.4) is 0 Å². The van der Waals surface area contributed by atoms with Crippen molar-refractivity contribution in [2.45, 2.75) is 0 Å². The highest BCUT2D eigenvalue weighted by Gasteiger charge is 2.07. The maximum absolute atomic E-state index is 9.11. The predicted octanol–water partition coefficient (Wildman–Crippen LogP) is 3.43. The quantitative estimate of drug-likeness (QED) is 0.692. The molecular formula is C16H12N4. The molecule has 0 unspecified atom stereocenters. The third-order valence-electron chi connectivity index (χ3n) is 3.14. The number of nitrogens with one attached hydrogen (secondary N) is 1. The van der Waals surface area contributed by atoms with Crippen molar-refractivity contribution in [3.8, 4) is 6.07 Å². The Morgan fingerprint density at radius 2 is 1.85 bits per heavy atom. The number of nitriles is 1. The van der Waals surface area contributed by atoms with Crippen LogP contribution >= 0.6 is 0 Å². The van der Waals surface area contributed by atoms with Crippen LogP contribution in [0.4, 0.5) is 17.1 Å². The minimum Gasteiger partial charge on any atom is -0.396 e. The van der Waals surface area contributed by atoms with E-state index < -0.39 is 0 Å². The average molecular weight is 260 g/mol. The molecular weight excluding hydrogens is 248 g/mol. The van der Waals surface area contributed by atoms with Crippen molar-refractivity contribution in [2.24, 2.45) is 0 Å². The summed E-state index contributed by atoms with van der Waals surface area (Å²) in [5, 5.41) is 13.2. The molecule has 20 heavy (non-hydrogen) atoms. The van der Waals surface area contributed by atoms with E-state index in [-0.39, 0.29) is 0 Å². The molecule has 4 nitrogen and oxygen atoms in total. The Bertz CT molecular complexity index is 818. The predicted molar refractivity (Wildman–Crippen MR) is 80.6 cm³/mol. The first-order valence-electron chi connectivity index (χ1n) is 6.19. The number of para-hydroxylation sites is 1. The van der Waals surface area contributed by atoms with Gasteiger partial charge in [0, 0.05) is 11.6 Å². The summed E-state index contributed by atoms with van der Waals surface area (Å²) in [5.41, 5.74) is 9.75. The molecule has 0 aliphatic heterocycles. The van der Waals surface area contributed by atoms with Gasteiger partial charge in [-0.15, -0.1) is 0 Å². The average Bonchev–Trinajstić information content (AvgIpc) is 2.51. The van der Waals surface area contributed by atoms with Gasteiger partial charge in [0.1, 0.15) is 6.07 Å². The van der Waals surface area contributed by atoms with E-state index in [9.17, 15) is 0 Å².